The first-order valence-electron chi connectivity index (χ1n) is 4.23. The second-order valence-corrected chi connectivity index (χ2v) is 6.30. The summed E-state index contributed by atoms with van der Waals surface area (Å²) < 4.78 is 27.6. The smallest absolute Gasteiger partial charge is 0.169 e. The van der Waals surface area contributed by atoms with E-state index in [0.717, 1.165) is 5.76 Å². The van der Waals surface area contributed by atoms with Crippen molar-refractivity contribution in [3.05, 3.63) is 22.6 Å². The molecule has 1 aliphatic heterocycles. The van der Waals surface area contributed by atoms with Gasteiger partial charge in [-0.3, -0.25) is 0 Å². The molecule has 0 atom stereocenters. The molecule has 6 heteroatoms. The summed E-state index contributed by atoms with van der Waals surface area (Å²) in [7, 11) is -2.73. The van der Waals surface area contributed by atoms with Gasteiger partial charge in [-0.1, -0.05) is 0 Å². The van der Waals surface area contributed by atoms with Gasteiger partial charge in [-0.15, -0.1) is 0 Å². The summed E-state index contributed by atoms with van der Waals surface area (Å²) in [6.07, 6.45) is 0. The second kappa shape index (κ2) is 3.67. The second-order valence-electron chi connectivity index (χ2n) is 3.36. The van der Waals surface area contributed by atoms with E-state index < -0.39 is 9.84 Å². The predicted molar refractivity (Wildman–Crippen MR) is 55.7 cm³/mol. The van der Waals surface area contributed by atoms with Crippen molar-refractivity contribution in [1.29, 1.82) is 0 Å². The summed E-state index contributed by atoms with van der Waals surface area (Å²) in [6, 6.07) is 3.75. The Balaban J connectivity index is 1.79. The average molecular weight is 280 g/mol. The fourth-order valence-corrected chi connectivity index (χ4v) is 3.08. The molecule has 1 fully saturated rings. The summed E-state index contributed by atoms with van der Waals surface area (Å²) in [5.74, 6) is 1.30. The van der Waals surface area contributed by atoms with Gasteiger partial charge in [-0.05, 0) is 28.1 Å². The highest BCUT2D eigenvalue weighted by Crippen LogP contribution is 2.15. The van der Waals surface area contributed by atoms with Crippen molar-refractivity contribution in [2.24, 2.45) is 0 Å². The highest BCUT2D eigenvalue weighted by molar-refractivity contribution is 9.10. The van der Waals surface area contributed by atoms with E-state index in [0.29, 0.717) is 11.2 Å². The Hall–Kier alpha value is -0.330. The van der Waals surface area contributed by atoms with Crippen LogP contribution in [0.4, 0.5) is 0 Å². The van der Waals surface area contributed by atoms with E-state index in [1.165, 1.54) is 0 Å². The summed E-state index contributed by atoms with van der Waals surface area (Å²) in [6.45, 7) is 0.575. The van der Waals surface area contributed by atoms with E-state index in [4.69, 9.17) is 4.42 Å². The minimum absolute atomic E-state index is 0.0869. The van der Waals surface area contributed by atoms with E-state index in [1.54, 1.807) is 0 Å². The molecule has 1 N–H and O–H groups in total. The van der Waals surface area contributed by atoms with Crippen LogP contribution in [0.3, 0.4) is 0 Å². The SMILES string of the molecule is O=S1(=O)CC(NCc2ccc(Br)o2)C1. The lowest BCUT2D eigenvalue weighted by Gasteiger charge is -2.26. The molecule has 1 aromatic rings. The van der Waals surface area contributed by atoms with E-state index in [-0.39, 0.29) is 17.5 Å². The molecule has 0 amide bonds. The highest BCUT2D eigenvalue weighted by atomic mass is 79.9. The predicted octanol–water partition coefficient (Wildman–Crippen LogP) is 0.929. The van der Waals surface area contributed by atoms with Crippen LogP contribution in [0.1, 0.15) is 5.76 Å². The lowest BCUT2D eigenvalue weighted by molar-refractivity contribution is 0.439. The highest BCUT2D eigenvalue weighted by Gasteiger charge is 2.32. The standard InChI is InChI=1S/C8H10BrNO3S/c9-8-2-1-7(13-8)3-10-6-4-14(11,12)5-6/h1-2,6,10H,3-5H2. The maximum atomic E-state index is 10.8. The van der Waals surface area contributed by atoms with Crippen molar-refractivity contribution in [1.82, 2.24) is 5.32 Å². The monoisotopic (exact) mass is 279 g/mol. The zero-order valence-electron chi connectivity index (χ0n) is 7.36. The topological polar surface area (TPSA) is 59.3 Å². The number of rotatable bonds is 3. The molecule has 0 saturated carbocycles. The third-order valence-electron chi connectivity index (χ3n) is 2.10. The van der Waals surface area contributed by atoms with Crippen molar-refractivity contribution in [3.63, 3.8) is 0 Å². The first-order valence-corrected chi connectivity index (χ1v) is 6.85. The van der Waals surface area contributed by atoms with Crippen molar-refractivity contribution in [2.75, 3.05) is 11.5 Å². The Morgan fingerprint density at radius 2 is 2.21 bits per heavy atom. The number of furan rings is 1. The minimum atomic E-state index is -2.73. The molecule has 78 valence electrons. The van der Waals surface area contributed by atoms with Gasteiger partial charge in [0.05, 0.1) is 18.1 Å². The van der Waals surface area contributed by atoms with Crippen LogP contribution in [0.2, 0.25) is 0 Å². The molecule has 0 radical (unpaired) electrons. The minimum Gasteiger partial charge on any atom is -0.453 e. The first kappa shape index (κ1) is 10.2. The molecule has 0 aromatic carbocycles. The van der Waals surface area contributed by atoms with E-state index in [2.05, 4.69) is 21.2 Å². The van der Waals surface area contributed by atoms with Gasteiger partial charge in [0.2, 0.25) is 0 Å². The summed E-state index contributed by atoms with van der Waals surface area (Å²) >= 11 is 3.20. The molecular formula is C8H10BrNO3S. The molecule has 0 unspecified atom stereocenters. The number of hydrogen-bond donors (Lipinski definition) is 1. The Kier molecular flexibility index (Phi) is 2.68. The Bertz CT molecular complexity index is 414. The van der Waals surface area contributed by atoms with Gasteiger partial charge in [-0.25, -0.2) is 8.42 Å². The van der Waals surface area contributed by atoms with Crippen LogP contribution < -0.4 is 5.32 Å². The largest absolute Gasteiger partial charge is 0.453 e. The number of sulfone groups is 1. The Morgan fingerprint density at radius 3 is 2.71 bits per heavy atom. The van der Waals surface area contributed by atoms with Gasteiger partial charge in [0, 0.05) is 6.04 Å². The zero-order chi connectivity index (χ0) is 10.2. The molecule has 14 heavy (non-hydrogen) atoms. The summed E-state index contributed by atoms with van der Waals surface area (Å²) in [5.41, 5.74) is 0. The quantitative estimate of drug-likeness (QED) is 0.894. The van der Waals surface area contributed by atoms with E-state index in [9.17, 15) is 8.42 Å². The Labute approximate surface area is 90.7 Å². The molecule has 2 rings (SSSR count). The maximum Gasteiger partial charge on any atom is 0.169 e. The molecular weight excluding hydrogens is 270 g/mol. The fraction of sp³-hybridized carbons (Fsp3) is 0.500. The van der Waals surface area contributed by atoms with Gasteiger partial charge in [0.15, 0.2) is 14.5 Å². The third-order valence-corrected chi connectivity index (χ3v) is 4.35. The lowest BCUT2D eigenvalue weighted by Crippen LogP contribution is -2.50. The summed E-state index contributed by atoms with van der Waals surface area (Å²) in [5, 5.41) is 3.11. The zero-order valence-corrected chi connectivity index (χ0v) is 9.77. The Morgan fingerprint density at radius 1 is 1.50 bits per heavy atom. The van der Waals surface area contributed by atoms with E-state index in [1.807, 2.05) is 12.1 Å². The van der Waals surface area contributed by atoms with Gasteiger partial charge in [0.1, 0.15) is 5.76 Å². The first-order chi connectivity index (χ1) is 6.55. The van der Waals surface area contributed by atoms with Crippen LogP contribution in [0.5, 0.6) is 0 Å². The van der Waals surface area contributed by atoms with Crippen LogP contribution in [0.15, 0.2) is 21.2 Å². The van der Waals surface area contributed by atoms with Crippen molar-refractivity contribution in [3.8, 4) is 0 Å². The van der Waals surface area contributed by atoms with Crippen molar-refractivity contribution < 1.29 is 12.8 Å². The van der Waals surface area contributed by atoms with Crippen molar-refractivity contribution >= 4 is 25.8 Å². The average Bonchev–Trinajstić information content (AvgIpc) is 2.44. The normalized spacial score (nSPS) is 20.6. The van der Waals surface area contributed by atoms with Gasteiger partial charge >= 0.3 is 0 Å². The van der Waals surface area contributed by atoms with Crippen LogP contribution in [0, 0.1) is 0 Å². The molecule has 0 bridgehead atoms. The maximum absolute atomic E-state index is 10.8. The van der Waals surface area contributed by atoms with Gasteiger partial charge < -0.3 is 9.73 Å². The number of nitrogens with one attached hydrogen (secondary N) is 1. The lowest BCUT2D eigenvalue weighted by atomic mass is 10.3. The number of hydrogen-bond acceptors (Lipinski definition) is 4. The van der Waals surface area contributed by atoms with Crippen LogP contribution in [-0.2, 0) is 16.4 Å². The van der Waals surface area contributed by atoms with E-state index >= 15 is 0 Å². The van der Waals surface area contributed by atoms with Gasteiger partial charge in [0.25, 0.3) is 0 Å². The molecule has 1 saturated heterocycles. The van der Waals surface area contributed by atoms with Crippen LogP contribution in [-0.4, -0.2) is 26.0 Å². The summed E-state index contributed by atoms with van der Waals surface area (Å²) in [4.78, 5) is 0. The third kappa shape index (κ3) is 2.37. The molecule has 4 nitrogen and oxygen atoms in total. The number of halogens is 1. The van der Waals surface area contributed by atoms with Crippen LogP contribution >= 0.6 is 15.9 Å². The fourth-order valence-electron chi connectivity index (χ4n) is 1.37. The molecule has 1 aliphatic rings. The molecule has 0 aliphatic carbocycles. The molecule has 0 spiro atoms. The molecule has 1 aromatic heterocycles. The van der Waals surface area contributed by atoms with Gasteiger partial charge in [-0.2, -0.15) is 0 Å². The van der Waals surface area contributed by atoms with Crippen molar-refractivity contribution in [2.45, 2.75) is 12.6 Å². The van der Waals surface area contributed by atoms with Crippen LogP contribution in [0.25, 0.3) is 0 Å². The molecule has 2 heterocycles.